The highest BCUT2D eigenvalue weighted by Gasteiger charge is 2.14. The van der Waals surface area contributed by atoms with Crippen LogP contribution in [0.5, 0.6) is 5.75 Å². The second kappa shape index (κ2) is 8.07. The van der Waals surface area contributed by atoms with E-state index in [2.05, 4.69) is 10.5 Å². The molecule has 0 aliphatic heterocycles. The van der Waals surface area contributed by atoms with Gasteiger partial charge in [0.1, 0.15) is 5.75 Å². The Labute approximate surface area is 143 Å². The van der Waals surface area contributed by atoms with E-state index in [0.29, 0.717) is 16.3 Å². The van der Waals surface area contributed by atoms with Gasteiger partial charge in [-0.3, -0.25) is 14.9 Å². The molecule has 1 atom stereocenters. The molecular formula is C16H14ClN3O4. The van der Waals surface area contributed by atoms with Gasteiger partial charge in [0.2, 0.25) is 0 Å². The number of nitro groups is 1. The van der Waals surface area contributed by atoms with E-state index in [1.54, 1.807) is 37.3 Å². The largest absolute Gasteiger partial charge is 0.481 e. The number of carbonyl (C=O) groups excluding carboxylic acids is 1. The van der Waals surface area contributed by atoms with Crippen LogP contribution in [0, 0.1) is 10.1 Å². The SMILES string of the molecule is C[C@@H](Oc1cccc(Cl)c1)C(=O)N/N=C\c1cccc([N+](=O)[O-])c1. The van der Waals surface area contributed by atoms with Gasteiger partial charge >= 0.3 is 0 Å². The molecule has 1 amide bonds. The number of carbonyl (C=O) groups is 1. The lowest BCUT2D eigenvalue weighted by Crippen LogP contribution is -2.33. The molecule has 0 spiro atoms. The summed E-state index contributed by atoms with van der Waals surface area (Å²) in [5, 5.41) is 15.0. The maximum Gasteiger partial charge on any atom is 0.280 e. The standard InChI is InChI=1S/C16H14ClN3O4/c1-11(24-15-7-3-5-13(17)9-15)16(21)19-18-10-12-4-2-6-14(8-12)20(22)23/h2-11H,1H3,(H,19,21)/b18-10-/t11-/m1/s1. The van der Waals surface area contributed by atoms with Gasteiger partial charge in [0.05, 0.1) is 11.1 Å². The molecule has 0 saturated carbocycles. The Morgan fingerprint density at radius 2 is 2.08 bits per heavy atom. The maximum absolute atomic E-state index is 11.9. The van der Waals surface area contributed by atoms with Crippen LogP contribution in [0.3, 0.4) is 0 Å². The third-order valence-electron chi connectivity index (χ3n) is 2.95. The number of nitrogens with one attached hydrogen (secondary N) is 1. The molecule has 24 heavy (non-hydrogen) atoms. The molecule has 0 fully saturated rings. The molecule has 2 aromatic rings. The van der Waals surface area contributed by atoms with E-state index in [4.69, 9.17) is 16.3 Å². The fraction of sp³-hybridized carbons (Fsp3) is 0.125. The van der Waals surface area contributed by atoms with Crippen LogP contribution in [0.2, 0.25) is 5.02 Å². The van der Waals surface area contributed by atoms with Crippen LogP contribution in [0.15, 0.2) is 53.6 Å². The van der Waals surface area contributed by atoms with E-state index >= 15 is 0 Å². The third kappa shape index (κ3) is 5.06. The van der Waals surface area contributed by atoms with Crippen molar-refractivity contribution in [2.75, 3.05) is 0 Å². The molecule has 0 aliphatic carbocycles. The zero-order valence-electron chi connectivity index (χ0n) is 12.7. The van der Waals surface area contributed by atoms with Gasteiger partial charge in [-0.2, -0.15) is 5.10 Å². The second-order valence-corrected chi connectivity index (χ2v) is 5.24. The van der Waals surface area contributed by atoms with Gasteiger partial charge in [-0.05, 0) is 25.1 Å². The molecule has 2 aromatic carbocycles. The van der Waals surface area contributed by atoms with Gasteiger partial charge in [-0.15, -0.1) is 0 Å². The van der Waals surface area contributed by atoms with E-state index in [-0.39, 0.29) is 5.69 Å². The van der Waals surface area contributed by atoms with Crippen molar-refractivity contribution in [2.24, 2.45) is 5.10 Å². The van der Waals surface area contributed by atoms with Crippen molar-refractivity contribution in [3.05, 3.63) is 69.2 Å². The average molecular weight is 348 g/mol. The smallest absolute Gasteiger partial charge is 0.280 e. The first-order valence-electron chi connectivity index (χ1n) is 6.95. The van der Waals surface area contributed by atoms with Crippen molar-refractivity contribution in [3.8, 4) is 5.75 Å². The quantitative estimate of drug-likeness (QED) is 0.493. The maximum atomic E-state index is 11.9. The highest BCUT2D eigenvalue weighted by Crippen LogP contribution is 2.18. The summed E-state index contributed by atoms with van der Waals surface area (Å²) in [5.41, 5.74) is 2.76. The first-order valence-corrected chi connectivity index (χ1v) is 7.33. The minimum absolute atomic E-state index is 0.0528. The zero-order valence-corrected chi connectivity index (χ0v) is 13.4. The molecule has 0 heterocycles. The number of halogens is 1. The van der Waals surface area contributed by atoms with Crippen molar-refractivity contribution >= 4 is 29.4 Å². The predicted octanol–water partition coefficient (Wildman–Crippen LogP) is 3.17. The van der Waals surface area contributed by atoms with Gasteiger partial charge in [-0.1, -0.05) is 29.8 Å². The predicted molar refractivity (Wildman–Crippen MR) is 90.4 cm³/mol. The highest BCUT2D eigenvalue weighted by atomic mass is 35.5. The van der Waals surface area contributed by atoms with Crippen LogP contribution >= 0.6 is 11.6 Å². The van der Waals surface area contributed by atoms with Gasteiger partial charge in [0.25, 0.3) is 11.6 Å². The van der Waals surface area contributed by atoms with Gasteiger partial charge in [-0.25, -0.2) is 5.43 Å². The molecule has 0 bridgehead atoms. The number of nitrogens with zero attached hydrogens (tertiary/aromatic N) is 2. The molecule has 0 aliphatic rings. The number of benzene rings is 2. The molecular weight excluding hydrogens is 334 g/mol. The summed E-state index contributed by atoms with van der Waals surface area (Å²) in [4.78, 5) is 22.1. The van der Waals surface area contributed by atoms with Crippen molar-refractivity contribution in [1.82, 2.24) is 5.43 Å². The number of non-ortho nitro benzene ring substituents is 1. The molecule has 1 N–H and O–H groups in total. The Kier molecular flexibility index (Phi) is 5.86. The lowest BCUT2D eigenvalue weighted by atomic mass is 10.2. The van der Waals surface area contributed by atoms with Gasteiger partial charge in [0.15, 0.2) is 6.10 Å². The molecule has 0 aromatic heterocycles. The molecule has 0 unspecified atom stereocenters. The number of rotatable bonds is 6. The Morgan fingerprint density at radius 3 is 2.79 bits per heavy atom. The minimum atomic E-state index is -0.786. The van der Waals surface area contributed by atoms with E-state index in [1.165, 1.54) is 24.4 Å². The summed E-state index contributed by atoms with van der Waals surface area (Å²) >= 11 is 5.84. The zero-order chi connectivity index (χ0) is 17.5. The lowest BCUT2D eigenvalue weighted by Gasteiger charge is -2.12. The van der Waals surface area contributed by atoms with Crippen molar-refractivity contribution in [1.29, 1.82) is 0 Å². The van der Waals surface area contributed by atoms with Crippen LogP contribution in [0.1, 0.15) is 12.5 Å². The number of nitro benzene ring substituents is 1. The van der Waals surface area contributed by atoms with Crippen LogP contribution in [0.4, 0.5) is 5.69 Å². The average Bonchev–Trinajstić information content (AvgIpc) is 2.55. The van der Waals surface area contributed by atoms with E-state index in [9.17, 15) is 14.9 Å². The molecule has 124 valence electrons. The summed E-state index contributed by atoms with van der Waals surface area (Å²) in [6.07, 6.45) is 0.530. The van der Waals surface area contributed by atoms with Crippen molar-refractivity contribution < 1.29 is 14.5 Å². The fourth-order valence-electron chi connectivity index (χ4n) is 1.78. The second-order valence-electron chi connectivity index (χ2n) is 4.80. The number of ether oxygens (including phenoxy) is 1. The number of hydrazone groups is 1. The first-order chi connectivity index (χ1) is 11.5. The Balaban J connectivity index is 1.92. The summed E-state index contributed by atoms with van der Waals surface area (Å²) in [6, 6.07) is 12.6. The molecule has 7 nitrogen and oxygen atoms in total. The Bertz CT molecular complexity index is 779. The normalized spacial score (nSPS) is 11.9. The third-order valence-corrected chi connectivity index (χ3v) is 3.18. The van der Waals surface area contributed by atoms with Gasteiger partial charge in [0, 0.05) is 22.7 Å². The van der Waals surface area contributed by atoms with Crippen molar-refractivity contribution in [2.45, 2.75) is 13.0 Å². The van der Waals surface area contributed by atoms with Crippen LogP contribution < -0.4 is 10.2 Å². The Morgan fingerprint density at radius 1 is 1.33 bits per heavy atom. The topological polar surface area (TPSA) is 93.8 Å². The van der Waals surface area contributed by atoms with Gasteiger partial charge < -0.3 is 4.74 Å². The van der Waals surface area contributed by atoms with E-state index in [0.717, 1.165) is 0 Å². The molecule has 8 heteroatoms. The van der Waals surface area contributed by atoms with E-state index < -0.39 is 16.9 Å². The fourth-order valence-corrected chi connectivity index (χ4v) is 1.96. The summed E-state index contributed by atoms with van der Waals surface area (Å²) in [6.45, 7) is 1.57. The molecule has 0 radical (unpaired) electrons. The highest BCUT2D eigenvalue weighted by molar-refractivity contribution is 6.30. The van der Waals surface area contributed by atoms with E-state index in [1.807, 2.05) is 0 Å². The minimum Gasteiger partial charge on any atom is -0.481 e. The number of hydrogen-bond donors (Lipinski definition) is 1. The Hall–Kier alpha value is -2.93. The lowest BCUT2D eigenvalue weighted by molar-refractivity contribution is -0.384. The van der Waals surface area contributed by atoms with Crippen LogP contribution in [0.25, 0.3) is 0 Å². The first kappa shape index (κ1) is 17.4. The van der Waals surface area contributed by atoms with Crippen LogP contribution in [-0.4, -0.2) is 23.1 Å². The molecule has 2 rings (SSSR count). The van der Waals surface area contributed by atoms with Crippen LogP contribution in [-0.2, 0) is 4.79 Å². The number of amides is 1. The monoisotopic (exact) mass is 347 g/mol. The summed E-state index contributed by atoms with van der Waals surface area (Å²) in [5.74, 6) is 0.00414. The summed E-state index contributed by atoms with van der Waals surface area (Å²) < 4.78 is 5.45. The number of hydrogen-bond acceptors (Lipinski definition) is 5. The molecule has 0 saturated heterocycles. The summed E-state index contributed by atoms with van der Waals surface area (Å²) in [7, 11) is 0. The van der Waals surface area contributed by atoms with Crippen molar-refractivity contribution in [3.63, 3.8) is 0 Å².